The highest BCUT2D eigenvalue weighted by Crippen LogP contribution is 2.12. The molecule has 0 fully saturated rings. The summed E-state index contributed by atoms with van der Waals surface area (Å²) >= 11 is 1.39. The summed E-state index contributed by atoms with van der Waals surface area (Å²) in [4.78, 5) is 27.0. The average molecular weight is 304 g/mol. The van der Waals surface area contributed by atoms with Crippen molar-refractivity contribution in [3.8, 4) is 0 Å². The Balaban J connectivity index is 1.86. The van der Waals surface area contributed by atoms with Gasteiger partial charge < -0.3 is 4.98 Å². The van der Waals surface area contributed by atoms with Gasteiger partial charge in [-0.1, -0.05) is 23.9 Å². The highest BCUT2D eigenvalue weighted by atomic mass is 32.2. The van der Waals surface area contributed by atoms with Gasteiger partial charge in [0.15, 0.2) is 0 Å². The van der Waals surface area contributed by atoms with Gasteiger partial charge in [-0.05, 0) is 22.6 Å². The number of aryl methyl sites for hydroxylation is 1. The van der Waals surface area contributed by atoms with E-state index in [1.54, 1.807) is 31.3 Å². The van der Waals surface area contributed by atoms with Gasteiger partial charge in [-0.2, -0.15) is 0 Å². The number of aromatic nitrogens is 6. The number of aromatic amines is 1. The van der Waals surface area contributed by atoms with Crippen LogP contribution in [0.4, 0.5) is 0 Å². The predicted molar refractivity (Wildman–Crippen MR) is 78.4 cm³/mol. The van der Waals surface area contributed by atoms with E-state index >= 15 is 0 Å². The van der Waals surface area contributed by atoms with E-state index in [4.69, 9.17) is 0 Å². The molecule has 21 heavy (non-hydrogen) atoms. The van der Waals surface area contributed by atoms with E-state index in [1.807, 2.05) is 0 Å². The Morgan fingerprint density at radius 3 is 2.86 bits per heavy atom. The first kappa shape index (κ1) is 13.6. The summed E-state index contributed by atoms with van der Waals surface area (Å²) in [5.41, 5.74) is -0.143. The van der Waals surface area contributed by atoms with Crippen molar-refractivity contribution in [2.45, 2.75) is 11.7 Å². The van der Waals surface area contributed by atoms with Crippen LogP contribution in [0.2, 0.25) is 0 Å². The van der Waals surface area contributed by atoms with Gasteiger partial charge in [-0.25, -0.2) is 9.48 Å². The molecule has 0 aliphatic rings. The van der Waals surface area contributed by atoms with E-state index in [2.05, 4.69) is 20.5 Å². The molecule has 2 aromatic heterocycles. The van der Waals surface area contributed by atoms with Crippen molar-refractivity contribution in [2.75, 3.05) is 5.75 Å². The van der Waals surface area contributed by atoms with Crippen LogP contribution in [0.25, 0.3) is 10.9 Å². The first-order valence-corrected chi connectivity index (χ1v) is 7.22. The molecule has 1 aromatic carbocycles. The lowest BCUT2D eigenvalue weighted by Crippen LogP contribution is -2.35. The summed E-state index contributed by atoms with van der Waals surface area (Å²) in [5, 5.41) is 12.2. The zero-order valence-electron chi connectivity index (χ0n) is 11.2. The average Bonchev–Trinajstić information content (AvgIpc) is 2.88. The molecule has 0 aliphatic heterocycles. The maximum Gasteiger partial charge on any atom is 0.328 e. The third-order valence-corrected chi connectivity index (χ3v) is 4.01. The van der Waals surface area contributed by atoms with E-state index < -0.39 is 5.69 Å². The van der Waals surface area contributed by atoms with E-state index in [1.165, 1.54) is 21.0 Å². The predicted octanol–water partition coefficient (Wildman–Crippen LogP) is 0.00560. The van der Waals surface area contributed by atoms with Gasteiger partial charge in [0.05, 0.1) is 10.9 Å². The SMILES string of the molecule is Cn1nnnc1SCCn1c(=O)[nH]c2ccccc2c1=O. The fraction of sp³-hybridized carbons (Fsp3) is 0.250. The normalized spacial score (nSPS) is 11.1. The number of para-hydroxylation sites is 1. The Labute approximate surface area is 122 Å². The summed E-state index contributed by atoms with van der Waals surface area (Å²) in [6.07, 6.45) is 0. The molecule has 2 heterocycles. The number of hydrogen-bond acceptors (Lipinski definition) is 6. The second kappa shape index (κ2) is 5.52. The number of benzene rings is 1. The molecule has 0 atom stereocenters. The zero-order chi connectivity index (χ0) is 14.8. The first-order chi connectivity index (χ1) is 10.2. The van der Waals surface area contributed by atoms with Crippen molar-refractivity contribution in [2.24, 2.45) is 7.05 Å². The zero-order valence-corrected chi connectivity index (χ0v) is 12.0. The Morgan fingerprint density at radius 2 is 2.10 bits per heavy atom. The van der Waals surface area contributed by atoms with E-state index in [0.717, 1.165) is 0 Å². The number of fused-ring (bicyclic) bond motifs is 1. The van der Waals surface area contributed by atoms with Gasteiger partial charge in [-0.3, -0.25) is 9.36 Å². The van der Waals surface area contributed by atoms with Crippen LogP contribution in [-0.2, 0) is 13.6 Å². The summed E-state index contributed by atoms with van der Waals surface area (Å²) in [5.74, 6) is 0.523. The minimum atomic E-state index is -0.407. The van der Waals surface area contributed by atoms with Crippen molar-refractivity contribution >= 4 is 22.7 Å². The van der Waals surface area contributed by atoms with Crippen molar-refractivity contribution < 1.29 is 0 Å². The van der Waals surface area contributed by atoms with Gasteiger partial charge in [0.25, 0.3) is 5.56 Å². The maximum atomic E-state index is 12.3. The molecule has 9 heteroatoms. The first-order valence-electron chi connectivity index (χ1n) is 6.24. The lowest BCUT2D eigenvalue weighted by Gasteiger charge is -2.05. The number of tetrazole rings is 1. The molecule has 0 saturated heterocycles. The smallest absolute Gasteiger partial charge is 0.307 e. The Kier molecular flexibility index (Phi) is 3.57. The van der Waals surface area contributed by atoms with E-state index in [9.17, 15) is 9.59 Å². The third-order valence-electron chi connectivity index (χ3n) is 3.02. The minimum absolute atomic E-state index is 0.286. The van der Waals surface area contributed by atoms with Gasteiger partial charge in [0.2, 0.25) is 5.16 Å². The van der Waals surface area contributed by atoms with Crippen molar-refractivity contribution in [1.29, 1.82) is 0 Å². The lowest BCUT2D eigenvalue weighted by molar-refractivity contribution is 0.660. The summed E-state index contributed by atoms with van der Waals surface area (Å²) in [7, 11) is 1.73. The molecular formula is C12H12N6O2S. The van der Waals surface area contributed by atoms with Crippen LogP contribution in [0.5, 0.6) is 0 Å². The second-order valence-corrected chi connectivity index (χ2v) is 5.43. The molecule has 0 radical (unpaired) electrons. The van der Waals surface area contributed by atoms with Crippen LogP contribution >= 0.6 is 11.8 Å². The van der Waals surface area contributed by atoms with E-state index in [0.29, 0.717) is 21.8 Å². The number of H-pyrrole nitrogens is 1. The monoisotopic (exact) mass is 304 g/mol. The van der Waals surface area contributed by atoms with Crippen LogP contribution < -0.4 is 11.2 Å². The molecule has 0 amide bonds. The molecule has 1 N–H and O–H groups in total. The summed E-state index contributed by atoms with van der Waals surface area (Å²) in [6, 6.07) is 6.96. The fourth-order valence-corrected chi connectivity index (χ4v) is 2.75. The standard InChI is InChI=1S/C12H12N6O2S/c1-17-12(14-15-16-17)21-7-6-18-10(19)8-4-2-3-5-9(8)13-11(18)20/h2-5H,6-7H2,1H3,(H,13,20). The topological polar surface area (TPSA) is 98.5 Å². The van der Waals surface area contributed by atoms with Gasteiger partial charge in [-0.15, -0.1) is 5.10 Å². The van der Waals surface area contributed by atoms with Gasteiger partial charge in [0, 0.05) is 19.3 Å². The van der Waals surface area contributed by atoms with E-state index in [-0.39, 0.29) is 12.1 Å². The number of nitrogens with zero attached hydrogens (tertiary/aromatic N) is 5. The molecule has 0 saturated carbocycles. The highest BCUT2D eigenvalue weighted by Gasteiger charge is 2.08. The van der Waals surface area contributed by atoms with Crippen LogP contribution in [0.3, 0.4) is 0 Å². The molecular weight excluding hydrogens is 292 g/mol. The summed E-state index contributed by atoms with van der Waals surface area (Å²) < 4.78 is 2.73. The summed E-state index contributed by atoms with van der Waals surface area (Å²) in [6.45, 7) is 0.288. The Hall–Kier alpha value is -2.42. The molecule has 8 nitrogen and oxygen atoms in total. The quantitative estimate of drug-likeness (QED) is 0.682. The molecule has 0 bridgehead atoms. The number of nitrogens with one attached hydrogen (secondary N) is 1. The lowest BCUT2D eigenvalue weighted by atomic mass is 10.2. The Morgan fingerprint density at radius 1 is 1.29 bits per heavy atom. The van der Waals surface area contributed by atoms with Gasteiger partial charge >= 0.3 is 5.69 Å². The third kappa shape index (κ3) is 2.59. The van der Waals surface area contributed by atoms with Crippen molar-refractivity contribution in [1.82, 2.24) is 29.8 Å². The maximum absolute atomic E-state index is 12.3. The largest absolute Gasteiger partial charge is 0.328 e. The highest BCUT2D eigenvalue weighted by molar-refractivity contribution is 7.99. The molecule has 0 unspecified atom stereocenters. The number of thioether (sulfide) groups is 1. The second-order valence-electron chi connectivity index (χ2n) is 4.37. The molecule has 108 valence electrons. The number of rotatable bonds is 4. The van der Waals surface area contributed by atoms with Crippen LogP contribution in [0, 0.1) is 0 Å². The number of hydrogen-bond donors (Lipinski definition) is 1. The Bertz CT molecular complexity index is 896. The molecule has 3 aromatic rings. The molecule has 0 spiro atoms. The van der Waals surface area contributed by atoms with Crippen LogP contribution in [0.15, 0.2) is 39.0 Å². The fourth-order valence-electron chi connectivity index (χ4n) is 1.97. The van der Waals surface area contributed by atoms with Crippen LogP contribution in [-0.4, -0.2) is 35.5 Å². The minimum Gasteiger partial charge on any atom is -0.307 e. The molecule has 3 rings (SSSR count). The van der Waals surface area contributed by atoms with Crippen molar-refractivity contribution in [3.05, 3.63) is 45.1 Å². The van der Waals surface area contributed by atoms with Gasteiger partial charge in [0.1, 0.15) is 0 Å². The van der Waals surface area contributed by atoms with Crippen LogP contribution in [0.1, 0.15) is 0 Å². The molecule has 0 aliphatic carbocycles. The van der Waals surface area contributed by atoms with Crippen molar-refractivity contribution in [3.63, 3.8) is 0 Å².